The number of benzene rings is 1. The fraction of sp³-hybridized carbons (Fsp3) is 0.556. The largest absolute Gasteiger partial charge is 0.493 e. The van der Waals surface area contributed by atoms with Crippen LogP contribution in [0.25, 0.3) is 0 Å². The molecule has 1 fully saturated rings. The molecule has 0 aliphatic carbocycles. The molecule has 0 spiro atoms. The number of anilines is 1. The van der Waals surface area contributed by atoms with E-state index in [0.29, 0.717) is 12.0 Å². The van der Waals surface area contributed by atoms with Gasteiger partial charge in [-0.3, -0.25) is 18.7 Å². The first-order chi connectivity index (χ1) is 24.4. The van der Waals surface area contributed by atoms with E-state index < -0.39 is 56.8 Å². The molecule has 2 amide bonds. The van der Waals surface area contributed by atoms with E-state index in [1.165, 1.54) is 34.9 Å². The average Bonchev–Trinajstić information content (AvgIpc) is 3.61. The van der Waals surface area contributed by atoms with E-state index in [2.05, 4.69) is 40.4 Å². The molecule has 0 radical (unpaired) electrons. The van der Waals surface area contributed by atoms with Gasteiger partial charge in [0.1, 0.15) is 12.8 Å². The number of aliphatic hydroxyl groups is 1. The van der Waals surface area contributed by atoms with Gasteiger partial charge < -0.3 is 33.4 Å². The lowest BCUT2D eigenvalue weighted by atomic mass is 10.1. The maximum absolute atomic E-state index is 14.3. The van der Waals surface area contributed by atoms with Gasteiger partial charge in [-0.05, 0) is 50.9 Å². The minimum absolute atomic E-state index is 0.0000316. The van der Waals surface area contributed by atoms with Crippen LogP contribution in [0.2, 0.25) is 18.1 Å². The molecule has 3 aliphatic rings. The van der Waals surface area contributed by atoms with Crippen molar-refractivity contribution in [1.82, 2.24) is 14.0 Å². The van der Waals surface area contributed by atoms with Crippen molar-refractivity contribution < 1.29 is 39.4 Å². The van der Waals surface area contributed by atoms with E-state index in [0.717, 1.165) is 10.1 Å². The number of methoxy groups -OCH3 is 1. The predicted octanol–water partition coefficient (Wildman–Crippen LogP) is 4.68. The second-order valence-electron chi connectivity index (χ2n) is 14.7. The summed E-state index contributed by atoms with van der Waals surface area (Å²) in [5, 5.41) is 9.77. The fourth-order valence-electron chi connectivity index (χ4n) is 6.16. The molecule has 15 heteroatoms. The maximum atomic E-state index is 14.3. The van der Waals surface area contributed by atoms with Crippen LogP contribution in [0.1, 0.15) is 70.5 Å². The van der Waals surface area contributed by atoms with Gasteiger partial charge in [-0.1, -0.05) is 39.0 Å². The van der Waals surface area contributed by atoms with Crippen LogP contribution in [0.4, 0.5) is 10.5 Å². The van der Waals surface area contributed by atoms with Gasteiger partial charge in [-0.25, -0.2) is 14.5 Å². The van der Waals surface area contributed by atoms with Crippen molar-refractivity contribution >= 4 is 26.0 Å². The van der Waals surface area contributed by atoms with E-state index in [4.69, 9.17) is 24.7 Å². The Balaban J connectivity index is 1.47. The van der Waals surface area contributed by atoms with Gasteiger partial charge in [0.25, 0.3) is 11.5 Å². The summed E-state index contributed by atoms with van der Waals surface area (Å²) in [5.41, 5.74) is 0.569. The molecule has 3 unspecified atom stereocenters. The third-order valence-corrected chi connectivity index (χ3v) is 14.3. The number of rotatable bonds is 11. The number of ether oxygens (including phenoxy) is 4. The third-order valence-electron chi connectivity index (χ3n) is 9.88. The lowest BCUT2D eigenvalue weighted by molar-refractivity contribution is 0.0434. The summed E-state index contributed by atoms with van der Waals surface area (Å²) in [7, 11) is -1.09. The maximum Gasteiger partial charge on any atom is 0.416 e. The van der Waals surface area contributed by atoms with Crippen molar-refractivity contribution in [3.05, 3.63) is 74.7 Å². The molecule has 0 saturated carbocycles. The van der Waals surface area contributed by atoms with Gasteiger partial charge in [0.2, 0.25) is 0 Å². The number of amides is 2. The summed E-state index contributed by atoms with van der Waals surface area (Å²) in [6.07, 6.45) is 1.89. The first-order valence-electron chi connectivity index (χ1n) is 17.7. The fourth-order valence-corrected chi connectivity index (χ4v) is 7.38. The summed E-state index contributed by atoms with van der Waals surface area (Å²) in [6, 6.07) is 2.57. The molecule has 5 atom stereocenters. The monoisotopic (exact) mass is 727 g/mol. The van der Waals surface area contributed by atoms with Crippen LogP contribution in [0, 0.1) is 6.92 Å². The van der Waals surface area contributed by atoms with Crippen LogP contribution >= 0.6 is 0 Å². The van der Waals surface area contributed by atoms with Crippen LogP contribution in [-0.2, 0) is 20.4 Å². The topological polar surface area (TPSA) is 151 Å². The van der Waals surface area contributed by atoms with Crippen molar-refractivity contribution in [2.45, 2.75) is 103 Å². The lowest BCUT2D eigenvalue weighted by Gasteiger charge is -2.44. The van der Waals surface area contributed by atoms with Gasteiger partial charge in [-0.15, -0.1) is 0 Å². The first kappa shape index (κ1) is 36.6. The number of hydrogen-bond acceptors (Lipinski definition) is 10. The van der Waals surface area contributed by atoms with Crippen molar-refractivity contribution in [1.29, 1.82) is 0 Å². The summed E-state index contributed by atoms with van der Waals surface area (Å²) >= 11 is 0. The van der Waals surface area contributed by atoms with E-state index in [1.54, 1.807) is 24.1 Å². The Morgan fingerprint density at radius 2 is 1.92 bits per heavy atom. The molecule has 3 aliphatic heterocycles. The number of carbonyl (C=O) groups excluding carboxylic acids is 2. The first-order valence-corrected chi connectivity index (χ1v) is 20.0. The summed E-state index contributed by atoms with van der Waals surface area (Å²) in [4.78, 5) is 57.6. The molecule has 51 heavy (non-hydrogen) atoms. The zero-order chi connectivity index (χ0) is 38.3. The number of aryl methyl sites for hydroxylation is 1. The van der Waals surface area contributed by atoms with Gasteiger partial charge in [0.15, 0.2) is 26.0 Å². The van der Waals surface area contributed by atoms with E-state index in [-0.39, 0.29) is 66.3 Å². The molecule has 14 nitrogen and oxygen atoms in total. The molecule has 1 aromatic carbocycles. The van der Waals surface area contributed by atoms with E-state index in [1.807, 2.05) is 6.92 Å². The minimum Gasteiger partial charge on any atom is -0.493 e. The summed E-state index contributed by atoms with van der Waals surface area (Å²) in [5.74, 6) is 0.108. The Morgan fingerprint density at radius 1 is 1.20 bits per heavy atom. The number of aromatic nitrogens is 2. The molecule has 5 rings (SSSR count). The molecule has 278 valence electrons. The lowest BCUT2D eigenvalue weighted by Crippen LogP contribution is -2.57. The Labute approximate surface area is 300 Å². The number of fused-ring (bicyclic) bond motifs is 2. The number of carbonyl (C=O) groups is 2. The molecule has 1 saturated heterocycles. The second-order valence-corrected chi connectivity index (χ2v) is 19.4. The summed E-state index contributed by atoms with van der Waals surface area (Å²) in [6.45, 7) is 16.5. The highest BCUT2D eigenvalue weighted by Crippen LogP contribution is 2.45. The quantitative estimate of drug-likeness (QED) is 0.196. The average molecular weight is 728 g/mol. The van der Waals surface area contributed by atoms with E-state index in [9.17, 15) is 24.3 Å². The Morgan fingerprint density at radius 3 is 2.55 bits per heavy atom. The van der Waals surface area contributed by atoms with Crippen molar-refractivity contribution in [3.8, 4) is 11.5 Å². The van der Waals surface area contributed by atoms with Crippen LogP contribution in [-0.4, -0.2) is 84.7 Å². The Bertz CT molecular complexity index is 1860. The van der Waals surface area contributed by atoms with Crippen LogP contribution in [0.3, 0.4) is 0 Å². The van der Waals surface area contributed by atoms with Crippen LogP contribution in [0.15, 0.2) is 52.3 Å². The highest BCUT2D eigenvalue weighted by Gasteiger charge is 2.50. The summed E-state index contributed by atoms with van der Waals surface area (Å²) < 4.78 is 39.9. The van der Waals surface area contributed by atoms with Crippen molar-refractivity contribution in [2.75, 3.05) is 31.8 Å². The van der Waals surface area contributed by atoms with Gasteiger partial charge in [-0.2, -0.15) is 0 Å². The molecule has 1 aromatic heterocycles. The second kappa shape index (κ2) is 14.8. The van der Waals surface area contributed by atoms with Gasteiger partial charge in [0, 0.05) is 37.0 Å². The molecule has 2 aromatic rings. The molecule has 4 heterocycles. The standard InChI is InChI=1S/C36H50N4O10Si/c1-10-13-48-35(45)40-26-18-28(46-7)29(47-14-11-12-37-31(42)23(3)20-39(34(37)44)30-16-24(41)21-49-30)17-25(26)32(43)38-19-22(2)15-27(38)33(40)50-51(8,9)36(4,5)6/h10,17-20,24,27,30,33,41H,1,11-16,21H2,2-9H3/t24?,27-,30?,33-/m0/s1/i21D/t21?,24?,27-,30?,33-. The number of nitrogens with zero attached hydrogens (tertiary/aromatic N) is 4. The van der Waals surface area contributed by atoms with Crippen LogP contribution < -0.4 is 25.6 Å². The molecule has 0 bridgehead atoms. The predicted molar refractivity (Wildman–Crippen MR) is 193 cm³/mol. The molecular weight excluding hydrogens is 677 g/mol. The molecular formula is C36H50N4O10Si. The molecule has 1 N–H and O–H groups in total. The van der Waals surface area contributed by atoms with Crippen LogP contribution in [0.5, 0.6) is 11.5 Å². The highest BCUT2D eigenvalue weighted by molar-refractivity contribution is 6.74. The zero-order valence-electron chi connectivity index (χ0n) is 31.6. The Hall–Kier alpha value is -4.18. The zero-order valence-corrected chi connectivity index (χ0v) is 31.6. The third kappa shape index (κ3) is 7.57. The SMILES string of the molecule is [2H]C1OC(n2cc(C)c(=O)n(CCCOc3cc4c(cc3OC)N(C(=O)OCC=C)[C@@H](O[Si](C)(C)C(C)(C)C)[C@@H]3CC(C)=CN3C4=O)c2=O)CC1O. The highest BCUT2D eigenvalue weighted by atomic mass is 28.4. The number of hydrogen-bond donors (Lipinski definition) is 1. The van der Waals surface area contributed by atoms with Crippen molar-refractivity contribution in [2.24, 2.45) is 0 Å². The minimum atomic E-state index is -2.53. The van der Waals surface area contributed by atoms with E-state index >= 15 is 0 Å². The normalized spacial score (nSPS) is 23.6. The number of aliphatic hydroxyl groups excluding tert-OH is 1. The Kier molecular flexibility index (Phi) is 10.6. The van der Waals surface area contributed by atoms with Gasteiger partial charge in [0.05, 0.1) is 45.1 Å². The van der Waals surface area contributed by atoms with Crippen molar-refractivity contribution in [3.63, 3.8) is 0 Å². The smallest absolute Gasteiger partial charge is 0.416 e. The van der Waals surface area contributed by atoms with Gasteiger partial charge >= 0.3 is 11.8 Å².